The van der Waals surface area contributed by atoms with Crippen molar-refractivity contribution in [3.8, 4) is 11.8 Å². The summed E-state index contributed by atoms with van der Waals surface area (Å²) in [5.41, 5.74) is 0.963. The fourth-order valence-corrected chi connectivity index (χ4v) is 4.02. The number of anilines is 2. The number of carbonyl (C=O) groups is 1. The zero-order valence-corrected chi connectivity index (χ0v) is 17.2. The van der Waals surface area contributed by atoms with Gasteiger partial charge in [0, 0.05) is 5.69 Å². The van der Waals surface area contributed by atoms with Gasteiger partial charge in [-0.2, -0.15) is 5.26 Å². The molecule has 7 nitrogen and oxygen atoms in total. The third-order valence-electron chi connectivity index (χ3n) is 4.23. The summed E-state index contributed by atoms with van der Waals surface area (Å²) in [5.74, 6) is -0.790. The number of para-hydroxylation sites is 1. The Morgan fingerprint density at radius 2 is 1.81 bits per heavy atom. The van der Waals surface area contributed by atoms with Gasteiger partial charge in [-0.1, -0.05) is 18.2 Å². The third-order valence-corrected chi connectivity index (χ3v) is 5.74. The van der Waals surface area contributed by atoms with Crippen LogP contribution < -0.4 is 14.8 Å². The highest BCUT2D eigenvalue weighted by Gasteiger charge is 2.19. The molecule has 0 saturated heterocycles. The van der Waals surface area contributed by atoms with Gasteiger partial charge in [0.1, 0.15) is 11.6 Å². The lowest BCUT2D eigenvalue weighted by Gasteiger charge is -2.13. The molecule has 31 heavy (non-hydrogen) atoms. The van der Waals surface area contributed by atoms with Gasteiger partial charge in [0.25, 0.3) is 15.9 Å². The zero-order chi connectivity index (χ0) is 22.4. The molecule has 0 aliphatic heterocycles. The Labute approximate surface area is 179 Å². The second-order valence-corrected chi connectivity index (χ2v) is 8.19. The van der Waals surface area contributed by atoms with Crippen LogP contribution in [0.1, 0.15) is 11.1 Å². The number of hydrogen-bond donors (Lipinski definition) is 2. The number of nitriles is 1. The Bertz CT molecular complexity index is 1250. The van der Waals surface area contributed by atoms with Gasteiger partial charge in [-0.15, -0.1) is 0 Å². The van der Waals surface area contributed by atoms with E-state index in [0.717, 1.165) is 6.07 Å². The highest BCUT2D eigenvalue weighted by Crippen LogP contribution is 2.24. The lowest BCUT2D eigenvalue weighted by atomic mass is 10.2. The van der Waals surface area contributed by atoms with E-state index in [9.17, 15) is 17.6 Å². The molecule has 3 aromatic carbocycles. The molecule has 2 N–H and O–H groups in total. The van der Waals surface area contributed by atoms with Gasteiger partial charge in [0.05, 0.1) is 22.2 Å². The van der Waals surface area contributed by atoms with E-state index in [-0.39, 0.29) is 22.9 Å². The fraction of sp³-hybridized carbons (Fsp3) is 0.0909. The number of nitrogens with one attached hydrogen (secondary N) is 2. The average molecular weight is 439 g/mol. The zero-order valence-electron chi connectivity index (χ0n) is 16.4. The molecule has 0 heterocycles. The van der Waals surface area contributed by atoms with Crippen LogP contribution in [0.3, 0.4) is 0 Å². The fourth-order valence-electron chi connectivity index (χ4n) is 2.68. The summed E-state index contributed by atoms with van der Waals surface area (Å²) in [6.07, 6.45) is 0. The third kappa shape index (κ3) is 5.58. The van der Waals surface area contributed by atoms with E-state index < -0.39 is 21.7 Å². The number of nitrogens with zero attached hydrogens (tertiary/aromatic N) is 1. The smallest absolute Gasteiger partial charge is 0.262 e. The summed E-state index contributed by atoms with van der Waals surface area (Å²) in [4.78, 5) is 12.1. The first-order chi connectivity index (χ1) is 14.8. The normalized spacial score (nSPS) is 10.7. The maximum atomic E-state index is 13.8. The molecular formula is C22H18FN3O4S. The molecule has 0 aromatic heterocycles. The van der Waals surface area contributed by atoms with Crippen LogP contribution in [0.4, 0.5) is 15.8 Å². The summed E-state index contributed by atoms with van der Waals surface area (Å²) >= 11 is 0. The van der Waals surface area contributed by atoms with Crippen molar-refractivity contribution in [2.45, 2.75) is 11.8 Å². The van der Waals surface area contributed by atoms with Gasteiger partial charge in [-0.05, 0) is 61.0 Å². The number of aryl methyl sites for hydroxylation is 1. The maximum absolute atomic E-state index is 13.8. The van der Waals surface area contributed by atoms with Crippen molar-refractivity contribution in [1.82, 2.24) is 0 Å². The summed E-state index contributed by atoms with van der Waals surface area (Å²) in [7, 11) is -4.09. The molecule has 0 atom stereocenters. The molecule has 9 heteroatoms. The minimum atomic E-state index is -4.09. The number of carbonyl (C=O) groups excluding carboxylic acids is 1. The van der Waals surface area contributed by atoms with Crippen molar-refractivity contribution in [2.24, 2.45) is 0 Å². The van der Waals surface area contributed by atoms with Gasteiger partial charge in [-0.3, -0.25) is 9.52 Å². The number of amides is 1. The highest BCUT2D eigenvalue weighted by molar-refractivity contribution is 7.92. The van der Waals surface area contributed by atoms with Crippen molar-refractivity contribution in [3.63, 3.8) is 0 Å². The van der Waals surface area contributed by atoms with Crippen LogP contribution in [-0.2, 0) is 14.8 Å². The molecule has 0 saturated carbocycles. The molecule has 1 amide bonds. The Balaban J connectivity index is 1.70. The van der Waals surface area contributed by atoms with E-state index >= 15 is 0 Å². The van der Waals surface area contributed by atoms with Gasteiger partial charge in [0.15, 0.2) is 6.61 Å². The first-order valence-corrected chi connectivity index (χ1v) is 10.6. The van der Waals surface area contributed by atoms with Crippen LogP contribution in [0.15, 0.2) is 71.6 Å². The molecule has 0 radical (unpaired) electrons. The minimum Gasteiger partial charge on any atom is -0.484 e. The van der Waals surface area contributed by atoms with Crippen molar-refractivity contribution < 1.29 is 22.3 Å². The number of ether oxygens (including phenoxy) is 1. The van der Waals surface area contributed by atoms with Gasteiger partial charge < -0.3 is 10.1 Å². The quantitative estimate of drug-likeness (QED) is 0.582. The number of hydrogen-bond acceptors (Lipinski definition) is 5. The predicted octanol–water partition coefficient (Wildman–Crippen LogP) is 3.82. The molecule has 3 aromatic rings. The molecule has 158 valence electrons. The maximum Gasteiger partial charge on any atom is 0.262 e. The van der Waals surface area contributed by atoms with E-state index in [1.807, 2.05) is 6.07 Å². The van der Waals surface area contributed by atoms with E-state index in [1.54, 1.807) is 37.3 Å². The Hall–Kier alpha value is -3.90. The van der Waals surface area contributed by atoms with E-state index in [1.165, 1.54) is 30.3 Å². The number of halogens is 1. The lowest BCUT2D eigenvalue weighted by Crippen LogP contribution is -2.21. The van der Waals surface area contributed by atoms with Gasteiger partial charge in [-0.25, -0.2) is 12.8 Å². The molecule has 0 aliphatic rings. The van der Waals surface area contributed by atoms with E-state index in [0.29, 0.717) is 16.9 Å². The highest BCUT2D eigenvalue weighted by atomic mass is 32.2. The number of rotatable bonds is 7. The van der Waals surface area contributed by atoms with E-state index in [4.69, 9.17) is 10.00 Å². The van der Waals surface area contributed by atoms with Crippen LogP contribution in [-0.4, -0.2) is 20.9 Å². The van der Waals surface area contributed by atoms with E-state index in [2.05, 4.69) is 10.0 Å². The first kappa shape index (κ1) is 21.8. The Morgan fingerprint density at radius 3 is 2.48 bits per heavy atom. The van der Waals surface area contributed by atoms with Crippen LogP contribution >= 0.6 is 0 Å². The summed E-state index contributed by atoms with van der Waals surface area (Å²) in [6.45, 7) is 1.28. The first-order valence-electron chi connectivity index (χ1n) is 9.09. The molecule has 0 aliphatic carbocycles. The molecule has 0 spiro atoms. The second-order valence-electron chi connectivity index (χ2n) is 6.54. The second kappa shape index (κ2) is 9.28. The topological polar surface area (TPSA) is 108 Å². The SMILES string of the molecule is Cc1ccc(NC(=O)COc2ccc(C#N)cc2)cc1S(=O)(=O)Nc1ccccc1F. The number of sulfonamides is 1. The van der Waals surface area contributed by atoms with Crippen molar-refractivity contribution in [1.29, 1.82) is 5.26 Å². The molecule has 0 bridgehead atoms. The average Bonchev–Trinajstić information content (AvgIpc) is 2.75. The van der Waals surface area contributed by atoms with Crippen LogP contribution in [0, 0.1) is 24.1 Å². The van der Waals surface area contributed by atoms with Crippen LogP contribution in [0.5, 0.6) is 5.75 Å². The standard InChI is InChI=1S/C22H18FN3O4S/c1-15-6-9-17(25-22(27)14-30-18-10-7-16(13-24)8-11-18)12-21(15)31(28,29)26-20-5-3-2-4-19(20)23/h2-12,26H,14H2,1H3,(H,25,27). The summed E-state index contributed by atoms with van der Waals surface area (Å²) in [6, 6.07) is 18.0. The van der Waals surface area contributed by atoms with Crippen LogP contribution in [0.2, 0.25) is 0 Å². The lowest BCUT2D eigenvalue weighted by molar-refractivity contribution is -0.118. The summed E-state index contributed by atoms with van der Waals surface area (Å²) in [5, 5.41) is 11.4. The Morgan fingerprint density at radius 1 is 1.10 bits per heavy atom. The monoisotopic (exact) mass is 439 g/mol. The van der Waals surface area contributed by atoms with Crippen LogP contribution in [0.25, 0.3) is 0 Å². The predicted molar refractivity (Wildman–Crippen MR) is 114 cm³/mol. The summed E-state index contributed by atoms with van der Waals surface area (Å²) < 4.78 is 46.9. The molecular weight excluding hydrogens is 421 g/mol. The number of benzene rings is 3. The van der Waals surface area contributed by atoms with Gasteiger partial charge in [0.2, 0.25) is 0 Å². The molecule has 3 rings (SSSR count). The molecule has 0 fully saturated rings. The Kier molecular flexibility index (Phi) is 6.52. The minimum absolute atomic E-state index is 0.0958. The van der Waals surface area contributed by atoms with Crippen molar-refractivity contribution in [2.75, 3.05) is 16.6 Å². The molecule has 0 unspecified atom stereocenters. The van der Waals surface area contributed by atoms with Gasteiger partial charge >= 0.3 is 0 Å². The largest absolute Gasteiger partial charge is 0.484 e. The van der Waals surface area contributed by atoms with Crippen molar-refractivity contribution >= 4 is 27.3 Å². The van der Waals surface area contributed by atoms with Crippen molar-refractivity contribution in [3.05, 3.63) is 83.7 Å².